The van der Waals surface area contributed by atoms with Crippen LogP contribution in [0.3, 0.4) is 0 Å². The molecule has 4 heterocycles. The van der Waals surface area contributed by atoms with Gasteiger partial charge in [0.25, 0.3) is 0 Å². The van der Waals surface area contributed by atoms with Crippen molar-refractivity contribution < 1.29 is 0 Å². The van der Waals surface area contributed by atoms with Gasteiger partial charge in [0.05, 0.1) is 27.6 Å². The third kappa shape index (κ3) is 4.43. The van der Waals surface area contributed by atoms with Gasteiger partial charge in [-0.1, -0.05) is 121 Å². The van der Waals surface area contributed by atoms with Crippen molar-refractivity contribution in [3.63, 3.8) is 0 Å². The number of pyridine rings is 1. The Labute approximate surface area is 287 Å². The number of hydrogen-bond donors (Lipinski definition) is 0. The van der Waals surface area contributed by atoms with E-state index in [9.17, 15) is 0 Å². The number of hydrogen-bond acceptors (Lipinski definition) is 4. The van der Waals surface area contributed by atoms with Gasteiger partial charge in [-0.3, -0.25) is 9.55 Å². The van der Waals surface area contributed by atoms with E-state index in [4.69, 9.17) is 19.9 Å². The summed E-state index contributed by atoms with van der Waals surface area (Å²) in [5, 5.41) is 3.47. The summed E-state index contributed by atoms with van der Waals surface area (Å²) in [6, 6.07) is 56.7. The summed E-state index contributed by atoms with van der Waals surface area (Å²) in [4.78, 5) is 20.0. The molecule has 0 unspecified atom stereocenters. The van der Waals surface area contributed by atoms with Gasteiger partial charge in [0.15, 0.2) is 11.6 Å². The van der Waals surface area contributed by atoms with Crippen LogP contribution in [0.25, 0.3) is 89.3 Å². The second-order valence-corrected chi connectivity index (χ2v) is 12.3. The lowest BCUT2D eigenvalue weighted by Gasteiger charge is -2.12. The minimum absolute atomic E-state index is 0.546. The molecule has 6 aromatic carbocycles. The minimum atomic E-state index is 0.546. The van der Waals surface area contributed by atoms with Crippen LogP contribution in [0.2, 0.25) is 0 Å². The molecule has 6 heteroatoms. The summed E-state index contributed by atoms with van der Waals surface area (Å²) in [6.07, 6.45) is 1.85. The van der Waals surface area contributed by atoms with Crippen LogP contribution < -0.4 is 0 Å². The maximum atomic E-state index is 5.07. The molecule has 4 aromatic heterocycles. The quantitative estimate of drug-likeness (QED) is 0.188. The first-order chi connectivity index (χ1) is 24.8. The van der Waals surface area contributed by atoms with E-state index in [2.05, 4.69) is 106 Å². The summed E-state index contributed by atoms with van der Waals surface area (Å²) < 4.78 is 4.50. The first kappa shape index (κ1) is 28.1. The van der Waals surface area contributed by atoms with Crippen LogP contribution in [0, 0.1) is 0 Å². The molecular formula is C44H28N6. The standard InChI is InChI=1S/C44H28N6/c1-4-14-29(15-5-1)42-46-43(30-16-6-2-7-17-30)48-44(47-42)50-38-26-25-31(28-36(38)40-39(50)24-13-27-45-40)33-21-12-22-35-34-20-10-11-23-37(34)49(41(33)35)32-18-8-3-9-19-32/h1-28H. The molecule has 0 aliphatic heterocycles. The molecule has 0 spiro atoms. The predicted molar refractivity (Wildman–Crippen MR) is 203 cm³/mol. The molecule has 234 valence electrons. The van der Waals surface area contributed by atoms with Crippen LogP contribution in [0.4, 0.5) is 0 Å². The highest BCUT2D eigenvalue weighted by Crippen LogP contribution is 2.40. The largest absolute Gasteiger partial charge is 0.309 e. The van der Waals surface area contributed by atoms with E-state index in [-0.39, 0.29) is 0 Å². The first-order valence-electron chi connectivity index (χ1n) is 16.7. The zero-order chi connectivity index (χ0) is 33.0. The van der Waals surface area contributed by atoms with E-state index in [0.717, 1.165) is 49.9 Å². The lowest BCUT2D eigenvalue weighted by molar-refractivity contribution is 0.953. The Bertz CT molecular complexity index is 2800. The van der Waals surface area contributed by atoms with Crippen LogP contribution >= 0.6 is 0 Å². The molecule has 0 amide bonds. The number of para-hydroxylation sites is 3. The van der Waals surface area contributed by atoms with Gasteiger partial charge in [0.2, 0.25) is 5.95 Å². The normalized spacial score (nSPS) is 11.6. The van der Waals surface area contributed by atoms with Crippen LogP contribution in [0.1, 0.15) is 0 Å². The third-order valence-corrected chi connectivity index (χ3v) is 9.43. The van der Waals surface area contributed by atoms with Gasteiger partial charge in [-0.25, -0.2) is 4.98 Å². The Morgan fingerprint density at radius 2 is 1.02 bits per heavy atom. The SMILES string of the molecule is c1ccc(-c2nc(-c3ccccc3)nc(-n3c4ccc(-c5cccc6c7ccccc7n(-c7ccccc7)c56)cc4c4ncccc43)n2)cc1. The Kier molecular flexibility index (Phi) is 6.39. The van der Waals surface area contributed by atoms with Crippen LogP contribution in [-0.4, -0.2) is 29.1 Å². The number of benzene rings is 6. The molecule has 0 bridgehead atoms. The van der Waals surface area contributed by atoms with Crippen molar-refractivity contribution in [2.24, 2.45) is 0 Å². The highest BCUT2D eigenvalue weighted by atomic mass is 15.2. The number of nitrogens with zero attached hydrogens (tertiary/aromatic N) is 6. The van der Waals surface area contributed by atoms with Crippen LogP contribution in [0.5, 0.6) is 0 Å². The molecule has 0 fully saturated rings. The first-order valence-corrected chi connectivity index (χ1v) is 16.7. The molecule has 0 aliphatic rings. The number of rotatable bonds is 5. The Morgan fingerprint density at radius 1 is 0.400 bits per heavy atom. The second-order valence-electron chi connectivity index (χ2n) is 12.3. The van der Waals surface area contributed by atoms with Gasteiger partial charge in [0.1, 0.15) is 0 Å². The zero-order valence-electron chi connectivity index (χ0n) is 26.8. The summed E-state index contributed by atoms with van der Waals surface area (Å²) in [6.45, 7) is 0. The van der Waals surface area contributed by atoms with E-state index in [0.29, 0.717) is 17.6 Å². The van der Waals surface area contributed by atoms with Gasteiger partial charge in [-0.05, 0) is 48.0 Å². The Morgan fingerprint density at radius 3 is 1.76 bits per heavy atom. The molecule has 10 rings (SSSR count). The monoisotopic (exact) mass is 640 g/mol. The molecule has 6 nitrogen and oxygen atoms in total. The Hall–Kier alpha value is -6.92. The van der Waals surface area contributed by atoms with E-state index < -0.39 is 0 Å². The molecule has 0 saturated carbocycles. The number of aromatic nitrogens is 6. The fraction of sp³-hybridized carbons (Fsp3) is 0. The summed E-state index contributed by atoms with van der Waals surface area (Å²) >= 11 is 0. The third-order valence-electron chi connectivity index (χ3n) is 9.43. The predicted octanol–water partition coefficient (Wildman–Crippen LogP) is 10.5. The summed E-state index contributed by atoms with van der Waals surface area (Å²) in [5.74, 6) is 1.78. The van der Waals surface area contributed by atoms with Gasteiger partial charge in [-0.2, -0.15) is 9.97 Å². The van der Waals surface area contributed by atoms with Gasteiger partial charge < -0.3 is 4.57 Å². The molecule has 0 N–H and O–H groups in total. The van der Waals surface area contributed by atoms with Crippen molar-refractivity contribution in [1.82, 2.24) is 29.1 Å². The summed E-state index contributed by atoms with van der Waals surface area (Å²) in [7, 11) is 0. The molecule has 10 aromatic rings. The highest BCUT2D eigenvalue weighted by molar-refractivity contribution is 6.15. The minimum Gasteiger partial charge on any atom is -0.309 e. The fourth-order valence-electron chi connectivity index (χ4n) is 7.21. The van der Waals surface area contributed by atoms with E-state index in [1.54, 1.807) is 0 Å². The Balaban J connectivity index is 1.23. The average molecular weight is 641 g/mol. The molecule has 0 aliphatic carbocycles. The van der Waals surface area contributed by atoms with Crippen molar-refractivity contribution in [2.75, 3.05) is 0 Å². The van der Waals surface area contributed by atoms with Gasteiger partial charge in [-0.15, -0.1) is 0 Å². The molecule has 0 saturated heterocycles. The molecule has 50 heavy (non-hydrogen) atoms. The number of fused-ring (bicyclic) bond motifs is 6. The lowest BCUT2D eigenvalue weighted by Crippen LogP contribution is -2.06. The zero-order valence-corrected chi connectivity index (χ0v) is 26.8. The van der Waals surface area contributed by atoms with E-state index in [1.165, 1.54) is 21.8 Å². The second kappa shape index (κ2) is 11.4. The molecule has 0 radical (unpaired) electrons. The smallest absolute Gasteiger partial charge is 0.238 e. The average Bonchev–Trinajstić information content (AvgIpc) is 3.71. The molecule has 0 atom stereocenters. The van der Waals surface area contributed by atoms with Gasteiger partial charge in [0, 0.05) is 44.7 Å². The van der Waals surface area contributed by atoms with Gasteiger partial charge >= 0.3 is 0 Å². The maximum Gasteiger partial charge on any atom is 0.238 e. The lowest BCUT2D eigenvalue weighted by atomic mass is 10.0. The van der Waals surface area contributed by atoms with Crippen molar-refractivity contribution in [3.8, 4) is 45.5 Å². The van der Waals surface area contributed by atoms with Crippen molar-refractivity contribution in [2.45, 2.75) is 0 Å². The van der Waals surface area contributed by atoms with Crippen molar-refractivity contribution in [1.29, 1.82) is 0 Å². The summed E-state index contributed by atoms with van der Waals surface area (Å²) in [5.41, 5.74) is 10.4. The fourth-order valence-corrected chi connectivity index (χ4v) is 7.21. The maximum absolute atomic E-state index is 5.07. The van der Waals surface area contributed by atoms with Crippen LogP contribution in [0.15, 0.2) is 170 Å². The van der Waals surface area contributed by atoms with E-state index >= 15 is 0 Å². The van der Waals surface area contributed by atoms with E-state index in [1.807, 2.05) is 72.9 Å². The van der Waals surface area contributed by atoms with Crippen molar-refractivity contribution in [3.05, 3.63) is 170 Å². The molecular weight excluding hydrogens is 613 g/mol. The van der Waals surface area contributed by atoms with Crippen molar-refractivity contribution >= 4 is 43.7 Å². The van der Waals surface area contributed by atoms with Crippen LogP contribution in [-0.2, 0) is 0 Å². The highest BCUT2D eigenvalue weighted by Gasteiger charge is 2.21. The topological polar surface area (TPSA) is 61.4 Å².